The van der Waals surface area contributed by atoms with Crippen LogP contribution in [0.4, 0.5) is 0 Å². The lowest BCUT2D eigenvalue weighted by Crippen LogP contribution is -2.23. The van der Waals surface area contributed by atoms with Crippen LogP contribution in [0.3, 0.4) is 0 Å². The summed E-state index contributed by atoms with van der Waals surface area (Å²) in [5.74, 6) is -2.51. The molecule has 2 rings (SSSR count). The highest BCUT2D eigenvalue weighted by Gasteiger charge is 2.09. The zero-order valence-corrected chi connectivity index (χ0v) is 10.9. The Labute approximate surface area is 115 Å². The molecule has 0 amide bonds. The molecule has 1 heterocycles. The Bertz CT molecular complexity index is 483. The van der Waals surface area contributed by atoms with Gasteiger partial charge in [0.15, 0.2) is 0 Å². The monoisotopic (exact) mass is 283 g/mol. The summed E-state index contributed by atoms with van der Waals surface area (Å²) in [4.78, 5) is 19.1. The molecule has 6 heteroatoms. The van der Waals surface area contributed by atoms with E-state index in [4.69, 9.17) is 21.8 Å². The molecule has 0 unspecified atom stereocenters. The van der Waals surface area contributed by atoms with Crippen molar-refractivity contribution in [3.8, 4) is 0 Å². The van der Waals surface area contributed by atoms with Crippen molar-refractivity contribution in [1.29, 1.82) is 0 Å². The minimum absolute atomic E-state index is 0.558. The average molecular weight is 284 g/mol. The number of aliphatic carboxylic acids is 2. The van der Waals surface area contributed by atoms with Gasteiger partial charge in [-0.3, -0.25) is 0 Å². The van der Waals surface area contributed by atoms with Crippen molar-refractivity contribution in [3.05, 3.63) is 46.5 Å². The van der Waals surface area contributed by atoms with Crippen molar-refractivity contribution < 1.29 is 19.8 Å². The molecule has 3 N–H and O–H groups in total. The van der Waals surface area contributed by atoms with Crippen molar-refractivity contribution in [2.75, 3.05) is 6.54 Å². The van der Waals surface area contributed by atoms with Crippen LogP contribution < -0.4 is 5.32 Å². The quantitative estimate of drug-likeness (QED) is 0.719. The lowest BCUT2D eigenvalue weighted by Gasteiger charge is -2.17. The van der Waals surface area contributed by atoms with Gasteiger partial charge in [-0.05, 0) is 30.2 Å². The van der Waals surface area contributed by atoms with Gasteiger partial charge in [-0.1, -0.05) is 23.7 Å². The summed E-state index contributed by atoms with van der Waals surface area (Å²) in [5.41, 5.74) is 2.68. The van der Waals surface area contributed by atoms with Gasteiger partial charge >= 0.3 is 11.9 Å². The normalized spacial score (nSPS) is 13.3. The Morgan fingerprint density at radius 2 is 1.84 bits per heavy atom. The lowest BCUT2D eigenvalue weighted by molar-refractivity contribution is -0.134. The number of halogens is 1. The Morgan fingerprint density at radius 3 is 2.37 bits per heavy atom. The van der Waals surface area contributed by atoms with Gasteiger partial charge in [0.2, 0.25) is 0 Å². The maximum Gasteiger partial charge on any atom is 0.328 e. The van der Waals surface area contributed by atoms with Crippen LogP contribution in [0.2, 0.25) is 5.02 Å². The highest BCUT2D eigenvalue weighted by Crippen LogP contribution is 2.22. The van der Waals surface area contributed by atoms with Crippen LogP contribution in [0.25, 0.3) is 0 Å². The lowest BCUT2D eigenvalue weighted by atomic mass is 10.0. The van der Waals surface area contributed by atoms with E-state index in [-0.39, 0.29) is 0 Å². The summed E-state index contributed by atoms with van der Waals surface area (Å²) in [6, 6.07) is 6.10. The molecule has 19 heavy (non-hydrogen) atoms. The van der Waals surface area contributed by atoms with Crippen LogP contribution in [0.5, 0.6) is 0 Å². The molecule has 1 aliphatic rings. The van der Waals surface area contributed by atoms with Gasteiger partial charge in [-0.2, -0.15) is 0 Å². The highest BCUT2D eigenvalue weighted by molar-refractivity contribution is 6.31. The van der Waals surface area contributed by atoms with Gasteiger partial charge in [-0.25, -0.2) is 9.59 Å². The average Bonchev–Trinajstić information content (AvgIpc) is 2.38. The third-order valence-corrected chi connectivity index (χ3v) is 2.81. The van der Waals surface area contributed by atoms with E-state index in [0.717, 1.165) is 24.5 Å². The second-order valence-corrected chi connectivity index (χ2v) is 4.22. The van der Waals surface area contributed by atoms with Gasteiger partial charge in [-0.15, -0.1) is 0 Å². The van der Waals surface area contributed by atoms with Gasteiger partial charge < -0.3 is 15.5 Å². The van der Waals surface area contributed by atoms with Crippen LogP contribution in [0.15, 0.2) is 30.4 Å². The van der Waals surface area contributed by atoms with Gasteiger partial charge in [0, 0.05) is 23.7 Å². The molecule has 1 aliphatic heterocycles. The van der Waals surface area contributed by atoms with E-state index in [0.29, 0.717) is 12.2 Å². The molecule has 0 aromatic heterocycles. The predicted molar refractivity (Wildman–Crippen MR) is 71.3 cm³/mol. The van der Waals surface area contributed by atoms with Crippen molar-refractivity contribution in [2.45, 2.75) is 13.0 Å². The second kappa shape index (κ2) is 7.56. The molecule has 0 saturated heterocycles. The number of nitrogens with one attached hydrogen (secondary N) is 1. The molecule has 0 atom stereocenters. The number of carbonyl (C=O) groups is 2. The molecular formula is C13H14ClNO4. The number of fused-ring (bicyclic) bond motifs is 1. The fourth-order valence-corrected chi connectivity index (χ4v) is 1.92. The first kappa shape index (κ1) is 15.2. The minimum atomic E-state index is -1.26. The first-order chi connectivity index (χ1) is 9.00. The topological polar surface area (TPSA) is 86.6 Å². The maximum absolute atomic E-state index is 9.55. The van der Waals surface area contributed by atoms with Crippen LogP contribution >= 0.6 is 11.6 Å². The third kappa shape index (κ3) is 5.54. The molecule has 102 valence electrons. The molecule has 1 aromatic rings. The van der Waals surface area contributed by atoms with E-state index in [1.165, 1.54) is 11.1 Å². The van der Waals surface area contributed by atoms with Gasteiger partial charge in [0.1, 0.15) is 0 Å². The number of hydrogen-bond donors (Lipinski definition) is 3. The standard InChI is InChI=1S/C9H10ClN.C4H4O4/c10-9-3-1-2-7-6-11-5-4-8(7)9;5-3(6)1-2-4(7)8/h1-3,11H,4-6H2;1-2H,(H,5,6)(H,7,8)/b;2-1-. The predicted octanol–water partition coefficient (Wildman–Crippen LogP) is 1.70. The van der Waals surface area contributed by atoms with Crippen molar-refractivity contribution in [2.24, 2.45) is 0 Å². The van der Waals surface area contributed by atoms with Crippen LogP contribution in [-0.2, 0) is 22.6 Å². The SMILES string of the molecule is Clc1cccc2c1CCNC2.O=C(O)/C=C\C(=O)O. The minimum Gasteiger partial charge on any atom is -0.478 e. The van der Waals surface area contributed by atoms with Crippen molar-refractivity contribution in [1.82, 2.24) is 5.32 Å². The molecule has 0 radical (unpaired) electrons. The largest absolute Gasteiger partial charge is 0.478 e. The van der Waals surface area contributed by atoms with E-state index >= 15 is 0 Å². The maximum atomic E-state index is 9.55. The molecule has 1 aromatic carbocycles. The highest BCUT2D eigenvalue weighted by atomic mass is 35.5. The number of hydrogen-bond acceptors (Lipinski definition) is 3. The van der Waals surface area contributed by atoms with Crippen molar-refractivity contribution >= 4 is 23.5 Å². The summed E-state index contributed by atoms with van der Waals surface area (Å²) in [6.07, 6.45) is 2.18. The molecule has 0 fully saturated rings. The summed E-state index contributed by atoms with van der Waals surface area (Å²) >= 11 is 6.01. The Kier molecular flexibility index (Phi) is 6.05. The van der Waals surface area contributed by atoms with Crippen molar-refractivity contribution in [3.63, 3.8) is 0 Å². The van der Waals surface area contributed by atoms with E-state index in [9.17, 15) is 9.59 Å². The summed E-state index contributed by atoms with van der Waals surface area (Å²) in [7, 11) is 0. The number of rotatable bonds is 2. The summed E-state index contributed by atoms with van der Waals surface area (Å²) < 4.78 is 0. The molecule has 0 saturated carbocycles. The van der Waals surface area contributed by atoms with E-state index in [1.54, 1.807) is 0 Å². The third-order valence-electron chi connectivity index (χ3n) is 2.45. The Balaban J connectivity index is 0.000000203. The van der Waals surface area contributed by atoms with E-state index in [1.807, 2.05) is 12.1 Å². The molecule has 5 nitrogen and oxygen atoms in total. The molecule has 0 aliphatic carbocycles. The van der Waals surface area contributed by atoms with Crippen LogP contribution in [-0.4, -0.2) is 28.7 Å². The van der Waals surface area contributed by atoms with Gasteiger partial charge in [0.25, 0.3) is 0 Å². The summed E-state index contributed by atoms with van der Waals surface area (Å²) in [6.45, 7) is 2.02. The number of benzene rings is 1. The Hall–Kier alpha value is -1.85. The van der Waals surface area contributed by atoms with E-state index < -0.39 is 11.9 Å². The van der Waals surface area contributed by atoms with Crippen LogP contribution in [0.1, 0.15) is 11.1 Å². The van der Waals surface area contributed by atoms with E-state index in [2.05, 4.69) is 11.4 Å². The zero-order chi connectivity index (χ0) is 14.3. The zero-order valence-electron chi connectivity index (χ0n) is 10.1. The Morgan fingerprint density at radius 1 is 1.21 bits per heavy atom. The molecule has 0 spiro atoms. The molecular weight excluding hydrogens is 270 g/mol. The van der Waals surface area contributed by atoms with Gasteiger partial charge in [0.05, 0.1) is 0 Å². The number of carboxylic acid groups (broad SMARTS) is 2. The number of carboxylic acids is 2. The smallest absolute Gasteiger partial charge is 0.328 e. The first-order valence-electron chi connectivity index (χ1n) is 5.61. The fraction of sp³-hybridized carbons (Fsp3) is 0.231. The van der Waals surface area contributed by atoms with Crippen LogP contribution in [0, 0.1) is 0 Å². The molecule has 0 bridgehead atoms. The summed E-state index contributed by atoms with van der Waals surface area (Å²) in [5, 5.41) is 19.9. The fourth-order valence-electron chi connectivity index (χ4n) is 1.63. The first-order valence-corrected chi connectivity index (χ1v) is 5.99. The second-order valence-electron chi connectivity index (χ2n) is 3.81.